The van der Waals surface area contributed by atoms with Crippen LogP contribution in [0.3, 0.4) is 0 Å². The molecular formula is C16H22N2O3. The fourth-order valence-corrected chi connectivity index (χ4v) is 2.62. The third-order valence-corrected chi connectivity index (χ3v) is 3.67. The lowest BCUT2D eigenvalue weighted by Crippen LogP contribution is -2.63. The van der Waals surface area contributed by atoms with Crippen molar-refractivity contribution in [1.29, 1.82) is 0 Å². The molecule has 2 rings (SSSR count). The van der Waals surface area contributed by atoms with Crippen LogP contribution >= 0.6 is 0 Å². The van der Waals surface area contributed by atoms with Gasteiger partial charge in [-0.3, -0.25) is 14.5 Å². The lowest BCUT2D eigenvalue weighted by molar-refractivity contribution is -0.133. The predicted molar refractivity (Wildman–Crippen MR) is 81.3 cm³/mol. The summed E-state index contributed by atoms with van der Waals surface area (Å²) >= 11 is 0. The summed E-state index contributed by atoms with van der Waals surface area (Å²) in [5.41, 5.74) is 0.640. The Morgan fingerprint density at radius 1 is 1.29 bits per heavy atom. The molecule has 1 N–H and O–H groups in total. The van der Waals surface area contributed by atoms with Crippen molar-refractivity contribution in [2.75, 3.05) is 12.0 Å². The molecule has 0 aromatic heterocycles. The molecule has 1 aliphatic rings. The van der Waals surface area contributed by atoms with E-state index < -0.39 is 12.1 Å². The summed E-state index contributed by atoms with van der Waals surface area (Å²) in [6, 6.07) is 6.25. The number of carbonyl (C=O) groups excluding carboxylic acids is 2. The molecule has 0 aliphatic carbocycles. The molecule has 0 saturated carbocycles. The highest BCUT2D eigenvalue weighted by Crippen LogP contribution is 2.31. The SMILES string of the molecule is COc1ccccc1N1C(=O)C(CC(C)C)NC(=O)C1C. The van der Waals surface area contributed by atoms with Gasteiger partial charge in [0.25, 0.3) is 0 Å². The van der Waals surface area contributed by atoms with E-state index >= 15 is 0 Å². The molecule has 2 unspecified atom stereocenters. The summed E-state index contributed by atoms with van der Waals surface area (Å²) < 4.78 is 5.32. The number of nitrogens with one attached hydrogen (secondary N) is 1. The number of benzene rings is 1. The van der Waals surface area contributed by atoms with Crippen LogP contribution in [0.15, 0.2) is 24.3 Å². The van der Waals surface area contributed by atoms with Crippen LogP contribution in [0.1, 0.15) is 27.2 Å². The molecule has 0 spiro atoms. The van der Waals surface area contributed by atoms with Gasteiger partial charge < -0.3 is 10.1 Å². The third-order valence-electron chi connectivity index (χ3n) is 3.67. The Morgan fingerprint density at radius 3 is 2.57 bits per heavy atom. The quantitative estimate of drug-likeness (QED) is 0.922. The Balaban J connectivity index is 2.39. The van der Waals surface area contributed by atoms with Crippen LogP contribution in [0, 0.1) is 5.92 Å². The fourth-order valence-electron chi connectivity index (χ4n) is 2.62. The average molecular weight is 290 g/mol. The Hall–Kier alpha value is -2.04. The zero-order chi connectivity index (χ0) is 15.6. The Morgan fingerprint density at radius 2 is 1.95 bits per heavy atom. The van der Waals surface area contributed by atoms with E-state index in [1.165, 1.54) is 0 Å². The van der Waals surface area contributed by atoms with Crippen LogP contribution in [0.2, 0.25) is 0 Å². The van der Waals surface area contributed by atoms with Crippen LogP contribution in [0.25, 0.3) is 0 Å². The van der Waals surface area contributed by atoms with E-state index in [1.807, 2.05) is 26.0 Å². The zero-order valence-electron chi connectivity index (χ0n) is 12.9. The van der Waals surface area contributed by atoms with Crippen LogP contribution < -0.4 is 15.0 Å². The lowest BCUT2D eigenvalue weighted by Gasteiger charge is -2.38. The molecule has 1 aromatic rings. The number of nitrogens with zero attached hydrogens (tertiary/aromatic N) is 1. The normalized spacial score (nSPS) is 22.4. The van der Waals surface area contributed by atoms with Gasteiger partial charge in [0.15, 0.2) is 0 Å². The maximum atomic E-state index is 12.7. The van der Waals surface area contributed by atoms with Crippen LogP contribution in [-0.2, 0) is 9.59 Å². The molecule has 5 nitrogen and oxygen atoms in total. The molecule has 1 aliphatic heterocycles. The number of carbonyl (C=O) groups is 2. The van der Waals surface area contributed by atoms with Crippen molar-refractivity contribution < 1.29 is 14.3 Å². The number of hydrogen-bond donors (Lipinski definition) is 1. The Kier molecular flexibility index (Phi) is 4.50. The topological polar surface area (TPSA) is 58.6 Å². The van der Waals surface area contributed by atoms with Crippen molar-refractivity contribution >= 4 is 17.5 Å². The molecule has 2 amide bonds. The standard InChI is InChI=1S/C16H22N2O3/c1-10(2)9-12-16(20)18(11(3)15(19)17-12)13-7-5-6-8-14(13)21-4/h5-8,10-12H,9H2,1-4H3,(H,17,19). The van der Waals surface area contributed by atoms with Gasteiger partial charge in [0, 0.05) is 0 Å². The minimum atomic E-state index is -0.544. The number of rotatable bonds is 4. The molecule has 1 aromatic carbocycles. The number of methoxy groups -OCH3 is 1. The van der Waals surface area contributed by atoms with E-state index in [2.05, 4.69) is 5.32 Å². The monoisotopic (exact) mass is 290 g/mol. The van der Waals surface area contributed by atoms with E-state index in [0.29, 0.717) is 23.8 Å². The maximum absolute atomic E-state index is 12.7. The van der Waals surface area contributed by atoms with Crippen molar-refractivity contribution in [3.05, 3.63) is 24.3 Å². The summed E-state index contributed by atoms with van der Waals surface area (Å²) in [5, 5.41) is 2.81. The summed E-state index contributed by atoms with van der Waals surface area (Å²) in [6.07, 6.45) is 0.628. The van der Waals surface area contributed by atoms with E-state index in [-0.39, 0.29) is 11.8 Å². The second-order valence-corrected chi connectivity index (χ2v) is 5.75. The first-order valence-electron chi connectivity index (χ1n) is 7.22. The van der Waals surface area contributed by atoms with E-state index in [9.17, 15) is 9.59 Å². The van der Waals surface area contributed by atoms with Crippen LogP contribution in [-0.4, -0.2) is 31.0 Å². The Labute approximate surface area is 125 Å². The van der Waals surface area contributed by atoms with Crippen molar-refractivity contribution in [1.82, 2.24) is 5.32 Å². The number of para-hydroxylation sites is 2. The molecule has 2 atom stereocenters. The largest absolute Gasteiger partial charge is 0.495 e. The highest BCUT2D eigenvalue weighted by Gasteiger charge is 2.39. The molecule has 114 valence electrons. The molecule has 21 heavy (non-hydrogen) atoms. The molecular weight excluding hydrogens is 268 g/mol. The summed E-state index contributed by atoms with van der Waals surface area (Å²) in [5.74, 6) is 0.703. The van der Waals surface area contributed by atoms with Gasteiger partial charge in [-0.2, -0.15) is 0 Å². The highest BCUT2D eigenvalue weighted by atomic mass is 16.5. The number of amides is 2. The highest BCUT2D eigenvalue weighted by molar-refractivity contribution is 6.08. The summed E-state index contributed by atoms with van der Waals surface area (Å²) in [7, 11) is 1.56. The van der Waals surface area contributed by atoms with Gasteiger partial charge in [-0.05, 0) is 31.4 Å². The fraction of sp³-hybridized carbons (Fsp3) is 0.500. The first kappa shape index (κ1) is 15.4. The minimum absolute atomic E-state index is 0.0831. The van der Waals surface area contributed by atoms with Gasteiger partial charge in [-0.1, -0.05) is 26.0 Å². The number of hydrogen-bond acceptors (Lipinski definition) is 3. The van der Waals surface area contributed by atoms with Crippen LogP contribution in [0.4, 0.5) is 5.69 Å². The number of ether oxygens (including phenoxy) is 1. The molecule has 5 heteroatoms. The van der Waals surface area contributed by atoms with E-state index in [0.717, 1.165) is 0 Å². The van der Waals surface area contributed by atoms with Crippen molar-refractivity contribution in [3.63, 3.8) is 0 Å². The van der Waals surface area contributed by atoms with Crippen LogP contribution in [0.5, 0.6) is 5.75 Å². The maximum Gasteiger partial charge on any atom is 0.250 e. The zero-order valence-corrected chi connectivity index (χ0v) is 12.9. The van der Waals surface area contributed by atoms with Gasteiger partial charge in [0.2, 0.25) is 11.8 Å². The molecule has 0 bridgehead atoms. The minimum Gasteiger partial charge on any atom is -0.495 e. The molecule has 0 radical (unpaired) electrons. The number of anilines is 1. The predicted octanol–water partition coefficient (Wildman–Crippen LogP) is 1.96. The van der Waals surface area contributed by atoms with E-state index in [1.54, 1.807) is 31.1 Å². The van der Waals surface area contributed by atoms with Gasteiger partial charge in [0.1, 0.15) is 17.8 Å². The molecule has 1 fully saturated rings. The van der Waals surface area contributed by atoms with Gasteiger partial charge in [-0.25, -0.2) is 0 Å². The van der Waals surface area contributed by atoms with Gasteiger partial charge in [-0.15, -0.1) is 0 Å². The number of piperazine rings is 1. The smallest absolute Gasteiger partial charge is 0.250 e. The van der Waals surface area contributed by atoms with Crippen molar-refractivity contribution in [2.45, 2.75) is 39.3 Å². The van der Waals surface area contributed by atoms with Crippen molar-refractivity contribution in [2.24, 2.45) is 5.92 Å². The summed E-state index contributed by atoms with van der Waals surface area (Å²) in [6.45, 7) is 5.79. The van der Waals surface area contributed by atoms with E-state index in [4.69, 9.17) is 4.74 Å². The van der Waals surface area contributed by atoms with Gasteiger partial charge in [0.05, 0.1) is 12.8 Å². The first-order chi connectivity index (χ1) is 9.95. The second-order valence-electron chi connectivity index (χ2n) is 5.75. The summed E-state index contributed by atoms with van der Waals surface area (Å²) in [4.78, 5) is 26.5. The van der Waals surface area contributed by atoms with Gasteiger partial charge >= 0.3 is 0 Å². The Bertz CT molecular complexity index is 542. The second kappa shape index (κ2) is 6.16. The average Bonchev–Trinajstić information content (AvgIpc) is 2.45. The van der Waals surface area contributed by atoms with Crippen molar-refractivity contribution in [3.8, 4) is 5.75 Å². The third kappa shape index (κ3) is 3.01. The molecule has 1 saturated heterocycles. The first-order valence-corrected chi connectivity index (χ1v) is 7.22. The lowest BCUT2D eigenvalue weighted by atomic mass is 9.98. The molecule has 1 heterocycles.